The standard InChI is InChI=1S/C16H16BrN5O/c1-12(10-21-8-2-7-18-21)20-16(23)13-9-19-22(11-13)15-5-3-14(17)4-6-15/h2-9,11-12H,10H2,1H3,(H,20,23)/t12-/m0/s1. The van der Waals surface area contributed by atoms with Gasteiger partial charge in [-0.05, 0) is 37.3 Å². The van der Waals surface area contributed by atoms with Crippen LogP contribution in [0.15, 0.2) is 59.6 Å². The van der Waals surface area contributed by atoms with Crippen LogP contribution in [0.3, 0.4) is 0 Å². The van der Waals surface area contributed by atoms with E-state index in [1.54, 1.807) is 28.0 Å². The first-order valence-corrected chi connectivity index (χ1v) is 8.00. The summed E-state index contributed by atoms with van der Waals surface area (Å²) in [6.07, 6.45) is 6.88. The Hall–Kier alpha value is -2.41. The second-order valence-electron chi connectivity index (χ2n) is 5.25. The molecule has 0 aliphatic rings. The van der Waals surface area contributed by atoms with E-state index in [4.69, 9.17) is 0 Å². The summed E-state index contributed by atoms with van der Waals surface area (Å²) in [6, 6.07) is 9.55. The largest absolute Gasteiger partial charge is 0.348 e. The molecule has 0 aliphatic carbocycles. The first kappa shape index (κ1) is 15.5. The highest BCUT2D eigenvalue weighted by molar-refractivity contribution is 9.10. The molecule has 1 amide bonds. The van der Waals surface area contributed by atoms with E-state index in [1.807, 2.05) is 43.5 Å². The number of benzene rings is 1. The molecule has 0 unspecified atom stereocenters. The van der Waals surface area contributed by atoms with Gasteiger partial charge in [-0.3, -0.25) is 9.48 Å². The van der Waals surface area contributed by atoms with Crippen LogP contribution >= 0.6 is 15.9 Å². The van der Waals surface area contributed by atoms with Crippen LogP contribution in [0.5, 0.6) is 0 Å². The Kier molecular flexibility index (Phi) is 4.57. The fourth-order valence-electron chi connectivity index (χ4n) is 2.22. The molecule has 3 aromatic rings. The van der Waals surface area contributed by atoms with Crippen molar-refractivity contribution in [2.45, 2.75) is 19.5 Å². The van der Waals surface area contributed by atoms with Crippen molar-refractivity contribution < 1.29 is 4.79 Å². The predicted molar refractivity (Wildman–Crippen MR) is 90.4 cm³/mol. The summed E-state index contributed by atoms with van der Waals surface area (Å²) in [7, 11) is 0. The van der Waals surface area contributed by atoms with E-state index in [1.165, 1.54) is 0 Å². The van der Waals surface area contributed by atoms with E-state index in [0.717, 1.165) is 10.2 Å². The van der Waals surface area contributed by atoms with Gasteiger partial charge in [0, 0.05) is 29.1 Å². The zero-order valence-electron chi connectivity index (χ0n) is 12.6. The number of amides is 1. The molecular weight excluding hydrogens is 358 g/mol. The Balaban J connectivity index is 1.65. The third kappa shape index (κ3) is 3.87. The monoisotopic (exact) mass is 373 g/mol. The number of carbonyl (C=O) groups is 1. The molecule has 6 nitrogen and oxygen atoms in total. The molecule has 1 N–H and O–H groups in total. The van der Waals surface area contributed by atoms with Crippen LogP contribution in [0, 0.1) is 0 Å². The van der Waals surface area contributed by atoms with Crippen molar-refractivity contribution in [3.05, 3.63) is 65.2 Å². The number of aromatic nitrogens is 4. The van der Waals surface area contributed by atoms with Crippen LogP contribution in [0.1, 0.15) is 17.3 Å². The van der Waals surface area contributed by atoms with Crippen LogP contribution in [-0.4, -0.2) is 31.5 Å². The van der Waals surface area contributed by atoms with Gasteiger partial charge in [0.05, 0.1) is 24.0 Å². The smallest absolute Gasteiger partial charge is 0.254 e. The van der Waals surface area contributed by atoms with Crippen LogP contribution < -0.4 is 5.32 Å². The summed E-state index contributed by atoms with van der Waals surface area (Å²) in [6.45, 7) is 2.57. The minimum atomic E-state index is -0.145. The van der Waals surface area contributed by atoms with Gasteiger partial charge < -0.3 is 5.32 Å². The van der Waals surface area contributed by atoms with Crippen molar-refractivity contribution in [2.75, 3.05) is 0 Å². The second kappa shape index (κ2) is 6.78. The number of hydrogen-bond acceptors (Lipinski definition) is 3. The van der Waals surface area contributed by atoms with Crippen molar-refractivity contribution in [1.29, 1.82) is 0 Å². The molecule has 0 fully saturated rings. The zero-order chi connectivity index (χ0) is 16.2. The molecule has 1 atom stereocenters. The molecule has 0 bridgehead atoms. The fraction of sp³-hybridized carbons (Fsp3) is 0.188. The van der Waals surface area contributed by atoms with E-state index >= 15 is 0 Å². The fourth-order valence-corrected chi connectivity index (χ4v) is 2.48. The third-order valence-corrected chi connectivity index (χ3v) is 3.86. The van der Waals surface area contributed by atoms with E-state index in [-0.39, 0.29) is 11.9 Å². The normalized spacial score (nSPS) is 12.1. The first-order chi connectivity index (χ1) is 11.1. The quantitative estimate of drug-likeness (QED) is 0.747. The maximum atomic E-state index is 12.3. The average molecular weight is 374 g/mol. The van der Waals surface area contributed by atoms with Crippen LogP contribution in [-0.2, 0) is 6.54 Å². The van der Waals surface area contributed by atoms with Gasteiger partial charge in [0.25, 0.3) is 5.91 Å². The molecule has 118 valence electrons. The zero-order valence-corrected chi connectivity index (χ0v) is 14.1. The minimum absolute atomic E-state index is 0.0292. The molecule has 7 heteroatoms. The summed E-state index contributed by atoms with van der Waals surface area (Å²) in [5, 5.41) is 11.3. The van der Waals surface area contributed by atoms with Gasteiger partial charge in [0.15, 0.2) is 0 Å². The lowest BCUT2D eigenvalue weighted by molar-refractivity contribution is 0.0936. The van der Waals surface area contributed by atoms with Crippen molar-refractivity contribution in [3.63, 3.8) is 0 Å². The average Bonchev–Trinajstić information content (AvgIpc) is 3.19. The van der Waals surface area contributed by atoms with Gasteiger partial charge in [-0.1, -0.05) is 15.9 Å². The first-order valence-electron chi connectivity index (χ1n) is 7.21. The summed E-state index contributed by atoms with van der Waals surface area (Å²) in [4.78, 5) is 12.3. The highest BCUT2D eigenvalue weighted by Crippen LogP contribution is 2.14. The summed E-state index contributed by atoms with van der Waals surface area (Å²) >= 11 is 3.40. The van der Waals surface area contributed by atoms with Crippen molar-refractivity contribution in [2.24, 2.45) is 0 Å². The third-order valence-electron chi connectivity index (χ3n) is 3.33. The highest BCUT2D eigenvalue weighted by atomic mass is 79.9. The lowest BCUT2D eigenvalue weighted by atomic mass is 10.2. The molecule has 3 rings (SSSR count). The number of nitrogens with one attached hydrogen (secondary N) is 1. The number of hydrogen-bond donors (Lipinski definition) is 1. The van der Waals surface area contributed by atoms with E-state index < -0.39 is 0 Å². The Morgan fingerprint density at radius 3 is 2.78 bits per heavy atom. The maximum Gasteiger partial charge on any atom is 0.254 e. The minimum Gasteiger partial charge on any atom is -0.348 e. The lowest BCUT2D eigenvalue weighted by Gasteiger charge is -2.13. The topological polar surface area (TPSA) is 64.7 Å². The molecule has 0 saturated heterocycles. The maximum absolute atomic E-state index is 12.3. The Morgan fingerprint density at radius 2 is 2.09 bits per heavy atom. The van der Waals surface area contributed by atoms with E-state index in [0.29, 0.717) is 12.1 Å². The Bertz CT molecular complexity index is 779. The van der Waals surface area contributed by atoms with Crippen LogP contribution in [0.25, 0.3) is 5.69 Å². The predicted octanol–water partition coefficient (Wildman–Crippen LogP) is 2.65. The van der Waals surface area contributed by atoms with Gasteiger partial charge in [-0.25, -0.2) is 4.68 Å². The van der Waals surface area contributed by atoms with Gasteiger partial charge in [-0.15, -0.1) is 0 Å². The highest BCUT2D eigenvalue weighted by Gasteiger charge is 2.13. The van der Waals surface area contributed by atoms with Crippen molar-refractivity contribution >= 4 is 21.8 Å². The molecule has 0 saturated carbocycles. The molecule has 0 aliphatic heterocycles. The molecule has 1 aromatic carbocycles. The second-order valence-corrected chi connectivity index (χ2v) is 6.17. The molecule has 2 aromatic heterocycles. The summed E-state index contributed by atoms with van der Waals surface area (Å²) in [5.41, 5.74) is 1.43. The van der Waals surface area contributed by atoms with Gasteiger partial charge in [0.1, 0.15) is 0 Å². The van der Waals surface area contributed by atoms with Gasteiger partial charge >= 0.3 is 0 Å². The van der Waals surface area contributed by atoms with Gasteiger partial charge in [-0.2, -0.15) is 10.2 Å². The summed E-state index contributed by atoms with van der Waals surface area (Å²) in [5.74, 6) is -0.145. The molecular formula is C16H16BrN5O. The molecule has 23 heavy (non-hydrogen) atoms. The van der Waals surface area contributed by atoms with Crippen LogP contribution in [0.4, 0.5) is 0 Å². The Morgan fingerprint density at radius 1 is 1.30 bits per heavy atom. The number of carbonyl (C=O) groups excluding carboxylic acids is 1. The molecule has 0 radical (unpaired) electrons. The molecule has 2 heterocycles. The van der Waals surface area contributed by atoms with Crippen LogP contribution in [0.2, 0.25) is 0 Å². The number of rotatable bonds is 5. The van der Waals surface area contributed by atoms with E-state index in [9.17, 15) is 4.79 Å². The van der Waals surface area contributed by atoms with Crippen molar-refractivity contribution in [1.82, 2.24) is 24.9 Å². The number of nitrogens with zero attached hydrogens (tertiary/aromatic N) is 4. The van der Waals surface area contributed by atoms with Gasteiger partial charge in [0.2, 0.25) is 0 Å². The molecule has 0 spiro atoms. The summed E-state index contributed by atoms with van der Waals surface area (Å²) < 4.78 is 4.47. The van der Waals surface area contributed by atoms with E-state index in [2.05, 4.69) is 31.4 Å². The Labute approximate surface area is 142 Å². The number of halogens is 1. The van der Waals surface area contributed by atoms with Crippen molar-refractivity contribution in [3.8, 4) is 5.69 Å². The SMILES string of the molecule is C[C@@H](Cn1cccn1)NC(=O)c1cnn(-c2ccc(Br)cc2)c1. The lowest BCUT2D eigenvalue weighted by Crippen LogP contribution is -2.35.